The summed E-state index contributed by atoms with van der Waals surface area (Å²) in [5.74, 6) is 2.11. The molecule has 0 spiro atoms. The van der Waals surface area contributed by atoms with E-state index >= 15 is 0 Å². The highest BCUT2D eigenvalue weighted by molar-refractivity contribution is 6.32. The smallest absolute Gasteiger partial charge is 0.180 e. The van der Waals surface area contributed by atoms with Gasteiger partial charge in [-0.15, -0.1) is 0 Å². The van der Waals surface area contributed by atoms with Gasteiger partial charge in [-0.1, -0.05) is 59.6 Å². The van der Waals surface area contributed by atoms with E-state index in [1.807, 2.05) is 55.5 Å². The molecule has 1 N–H and O–H groups in total. The summed E-state index contributed by atoms with van der Waals surface area (Å²) >= 11 is 6.56. The van der Waals surface area contributed by atoms with Crippen molar-refractivity contribution in [1.82, 2.24) is 5.32 Å². The normalized spacial score (nSPS) is 10.7. The van der Waals surface area contributed by atoms with Crippen molar-refractivity contribution in [3.8, 4) is 17.2 Å². The van der Waals surface area contributed by atoms with E-state index in [2.05, 4.69) is 24.4 Å². The van der Waals surface area contributed by atoms with Gasteiger partial charge in [-0.05, 0) is 43.2 Å². The molecule has 0 aliphatic rings. The van der Waals surface area contributed by atoms with Gasteiger partial charge in [-0.2, -0.15) is 0 Å². The summed E-state index contributed by atoms with van der Waals surface area (Å²) in [5, 5.41) is 3.98. The quantitative estimate of drug-likeness (QED) is 0.437. The van der Waals surface area contributed by atoms with Gasteiger partial charge in [-0.3, -0.25) is 0 Å². The highest BCUT2D eigenvalue weighted by Gasteiger charge is 2.13. The third-order valence-corrected chi connectivity index (χ3v) is 4.95. The summed E-state index contributed by atoms with van der Waals surface area (Å²) in [5.41, 5.74) is 4.43. The van der Waals surface area contributed by atoms with Crippen LogP contribution >= 0.6 is 11.6 Å². The molecule has 0 bridgehead atoms. The fourth-order valence-electron chi connectivity index (χ4n) is 3.27. The molecule has 0 aromatic heterocycles. The van der Waals surface area contributed by atoms with Crippen molar-refractivity contribution in [2.24, 2.45) is 0 Å². The molecular weight excluding hydrogens is 398 g/mol. The maximum absolute atomic E-state index is 6.56. The van der Waals surface area contributed by atoms with Crippen molar-refractivity contribution >= 4 is 11.6 Å². The van der Waals surface area contributed by atoms with Crippen LogP contribution in [0.1, 0.15) is 29.2 Å². The lowest BCUT2D eigenvalue weighted by Crippen LogP contribution is -2.13. The summed E-state index contributed by atoms with van der Waals surface area (Å²) in [6.45, 7) is 6.33. The number of nitrogens with one attached hydrogen (secondary N) is 1. The average molecular weight is 426 g/mol. The van der Waals surface area contributed by atoms with Crippen LogP contribution in [0.2, 0.25) is 5.02 Å². The van der Waals surface area contributed by atoms with E-state index in [4.69, 9.17) is 25.8 Å². The van der Waals surface area contributed by atoms with Crippen LogP contribution in [0.3, 0.4) is 0 Å². The Morgan fingerprint density at radius 2 is 1.70 bits per heavy atom. The van der Waals surface area contributed by atoms with Crippen molar-refractivity contribution < 1.29 is 14.2 Å². The average Bonchev–Trinajstić information content (AvgIpc) is 2.74. The number of hydrogen-bond donors (Lipinski definition) is 1. The van der Waals surface area contributed by atoms with Crippen LogP contribution in [0.15, 0.2) is 60.7 Å². The number of rotatable bonds is 10. The Bertz CT molecular complexity index is 974. The van der Waals surface area contributed by atoms with E-state index in [1.165, 1.54) is 5.56 Å². The Morgan fingerprint density at radius 1 is 0.867 bits per heavy atom. The summed E-state index contributed by atoms with van der Waals surface area (Å²) < 4.78 is 17.2. The maximum atomic E-state index is 6.56. The molecule has 158 valence electrons. The number of halogens is 1. The zero-order valence-electron chi connectivity index (χ0n) is 17.7. The Labute approximate surface area is 183 Å². The number of para-hydroxylation sites is 1. The second-order valence-corrected chi connectivity index (χ2v) is 7.44. The van der Waals surface area contributed by atoms with E-state index in [0.717, 1.165) is 22.4 Å². The molecule has 0 aliphatic carbocycles. The first-order chi connectivity index (χ1) is 14.6. The van der Waals surface area contributed by atoms with Crippen LogP contribution in [0.25, 0.3) is 0 Å². The van der Waals surface area contributed by atoms with E-state index in [0.29, 0.717) is 42.8 Å². The standard InChI is InChI=1S/C25H28ClNO3/c1-4-29-24-14-20(15-27-16-21-10-5-6-11-23(21)28-3)13-22(26)25(24)30-17-19-9-7-8-18(2)12-19/h5-14,27H,4,15-17H2,1-3H3. The van der Waals surface area contributed by atoms with Crippen molar-refractivity contribution in [3.63, 3.8) is 0 Å². The molecular formula is C25H28ClNO3. The van der Waals surface area contributed by atoms with E-state index in [-0.39, 0.29) is 0 Å². The van der Waals surface area contributed by atoms with E-state index in [9.17, 15) is 0 Å². The molecule has 0 atom stereocenters. The number of ether oxygens (including phenoxy) is 3. The zero-order chi connectivity index (χ0) is 21.3. The predicted octanol–water partition coefficient (Wildman–Crippen LogP) is 5.92. The maximum Gasteiger partial charge on any atom is 0.180 e. The summed E-state index contributed by atoms with van der Waals surface area (Å²) in [6, 6.07) is 20.1. The third kappa shape index (κ3) is 5.91. The van der Waals surface area contributed by atoms with Crippen LogP contribution in [0, 0.1) is 6.92 Å². The lowest BCUT2D eigenvalue weighted by molar-refractivity contribution is 0.269. The van der Waals surface area contributed by atoms with Gasteiger partial charge in [0.2, 0.25) is 0 Å². The van der Waals surface area contributed by atoms with Crippen molar-refractivity contribution in [3.05, 3.63) is 87.9 Å². The van der Waals surface area contributed by atoms with E-state index in [1.54, 1.807) is 7.11 Å². The molecule has 30 heavy (non-hydrogen) atoms. The van der Waals surface area contributed by atoms with Gasteiger partial charge in [0, 0.05) is 18.7 Å². The lowest BCUT2D eigenvalue weighted by atomic mass is 10.1. The van der Waals surface area contributed by atoms with Crippen LogP contribution < -0.4 is 19.5 Å². The molecule has 0 amide bonds. The first-order valence-electron chi connectivity index (χ1n) is 10.1. The predicted molar refractivity (Wildman–Crippen MR) is 122 cm³/mol. The fraction of sp³-hybridized carbons (Fsp3) is 0.280. The van der Waals surface area contributed by atoms with Gasteiger partial charge in [0.25, 0.3) is 0 Å². The summed E-state index contributed by atoms with van der Waals surface area (Å²) in [6.07, 6.45) is 0. The number of methoxy groups -OCH3 is 1. The Kier molecular flexibility index (Phi) is 8.00. The van der Waals surface area contributed by atoms with Crippen molar-refractivity contribution in [1.29, 1.82) is 0 Å². The largest absolute Gasteiger partial charge is 0.496 e. The monoisotopic (exact) mass is 425 g/mol. The highest BCUT2D eigenvalue weighted by Crippen LogP contribution is 2.37. The highest BCUT2D eigenvalue weighted by atomic mass is 35.5. The minimum absolute atomic E-state index is 0.437. The first-order valence-corrected chi connectivity index (χ1v) is 10.4. The van der Waals surface area contributed by atoms with Gasteiger partial charge in [0.1, 0.15) is 12.4 Å². The minimum atomic E-state index is 0.437. The molecule has 5 heteroatoms. The fourth-order valence-corrected chi connectivity index (χ4v) is 3.56. The molecule has 0 aliphatic heterocycles. The molecule has 0 radical (unpaired) electrons. The number of benzene rings is 3. The van der Waals surface area contributed by atoms with Gasteiger partial charge < -0.3 is 19.5 Å². The van der Waals surface area contributed by atoms with Gasteiger partial charge in [-0.25, -0.2) is 0 Å². The SMILES string of the molecule is CCOc1cc(CNCc2ccccc2OC)cc(Cl)c1OCc1cccc(C)c1. The van der Waals surface area contributed by atoms with Crippen LogP contribution in [-0.2, 0) is 19.7 Å². The molecule has 0 heterocycles. The van der Waals surface area contributed by atoms with Crippen molar-refractivity contribution in [2.45, 2.75) is 33.5 Å². The van der Waals surface area contributed by atoms with E-state index < -0.39 is 0 Å². The second-order valence-electron chi connectivity index (χ2n) is 7.03. The first kappa shape index (κ1) is 22.0. The third-order valence-electron chi connectivity index (χ3n) is 4.67. The van der Waals surface area contributed by atoms with Crippen molar-refractivity contribution in [2.75, 3.05) is 13.7 Å². The van der Waals surface area contributed by atoms with Crippen LogP contribution in [0.5, 0.6) is 17.2 Å². The van der Waals surface area contributed by atoms with Gasteiger partial charge >= 0.3 is 0 Å². The molecule has 0 unspecified atom stereocenters. The summed E-state index contributed by atoms with van der Waals surface area (Å²) in [7, 11) is 1.68. The second kappa shape index (κ2) is 10.9. The van der Waals surface area contributed by atoms with Crippen LogP contribution in [-0.4, -0.2) is 13.7 Å². The summed E-state index contributed by atoms with van der Waals surface area (Å²) in [4.78, 5) is 0. The molecule has 0 fully saturated rings. The zero-order valence-corrected chi connectivity index (χ0v) is 18.5. The molecule has 3 aromatic rings. The minimum Gasteiger partial charge on any atom is -0.496 e. The molecule has 0 saturated carbocycles. The van der Waals surface area contributed by atoms with Gasteiger partial charge in [0.05, 0.1) is 18.7 Å². The topological polar surface area (TPSA) is 39.7 Å². The van der Waals surface area contributed by atoms with Gasteiger partial charge in [0.15, 0.2) is 11.5 Å². The molecule has 3 aromatic carbocycles. The number of aryl methyl sites for hydroxylation is 1. The Morgan fingerprint density at radius 3 is 2.47 bits per heavy atom. The lowest BCUT2D eigenvalue weighted by Gasteiger charge is -2.16. The van der Waals surface area contributed by atoms with Crippen LogP contribution in [0.4, 0.5) is 0 Å². The Balaban J connectivity index is 1.69. The molecule has 3 rings (SSSR count). The number of hydrogen-bond acceptors (Lipinski definition) is 4. The Hall–Kier alpha value is -2.69. The molecule has 0 saturated heterocycles. The molecule has 4 nitrogen and oxygen atoms in total.